The molecule has 0 aliphatic carbocycles. The lowest BCUT2D eigenvalue weighted by molar-refractivity contribution is 1.02. The average molecular weight is 366 g/mol. The van der Waals surface area contributed by atoms with Gasteiger partial charge in [-0.05, 0) is 34.0 Å². The largest absolute Gasteiger partial charge is 0.252 e. The molecule has 4 aromatic rings. The summed E-state index contributed by atoms with van der Waals surface area (Å²) in [5, 5.41) is 2.97. The van der Waals surface area contributed by atoms with Gasteiger partial charge >= 0.3 is 0 Å². The van der Waals surface area contributed by atoms with Crippen molar-refractivity contribution in [3.63, 3.8) is 0 Å². The van der Waals surface area contributed by atoms with Gasteiger partial charge in [0.05, 0.1) is 5.69 Å². The van der Waals surface area contributed by atoms with Crippen molar-refractivity contribution in [1.29, 1.82) is 0 Å². The van der Waals surface area contributed by atoms with E-state index in [1.165, 1.54) is 26.8 Å². The van der Waals surface area contributed by atoms with E-state index < -0.39 is 0 Å². The summed E-state index contributed by atoms with van der Waals surface area (Å²) in [5.41, 5.74) is 4.83. The van der Waals surface area contributed by atoms with E-state index in [1.807, 2.05) is 11.8 Å². The van der Waals surface area contributed by atoms with Gasteiger partial charge in [-0.3, -0.25) is 4.99 Å². The second kappa shape index (κ2) is 7.05. The topological polar surface area (TPSA) is 12.4 Å². The Morgan fingerprint density at radius 2 is 1.44 bits per heavy atom. The van der Waals surface area contributed by atoms with Gasteiger partial charge in [0, 0.05) is 22.3 Å². The molecule has 0 bridgehead atoms. The highest BCUT2D eigenvalue weighted by Crippen LogP contribution is 2.46. The summed E-state index contributed by atoms with van der Waals surface area (Å²) in [7, 11) is 0. The Labute approximate surface area is 163 Å². The van der Waals surface area contributed by atoms with Gasteiger partial charge in [-0.15, -0.1) is 11.8 Å². The maximum absolute atomic E-state index is 5.06. The molecule has 1 unspecified atom stereocenters. The lowest BCUT2D eigenvalue weighted by Crippen LogP contribution is -2.05. The standard InChI is InChI=1S/C25H19NS/c1-2-10-19(11-3-1)23-17-25(27-24-16-7-6-15-22(24)26-23)21-14-8-12-18-9-4-5-13-20(18)21/h1-16,25H,17H2. The first-order chi connectivity index (χ1) is 13.4. The highest BCUT2D eigenvalue weighted by Gasteiger charge is 2.23. The molecule has 2 heteroatoms. The first-order valence-electron chi connectivity index (χ1n) is 9.25. The van der Waals surface area contributed by atoms with Gasteiger partial charge in [-0.2, -0.15) is 0 Å². The van der Waals surface area contributed by atoms with Crippen LogP contribution in [0, 0.1) is 0 Å². The quantitative estimate of drug-likeness (QED) is 0.366. The molecule has 0 fully saturated rings. The number of para-hydroxylation sites is 1. The molecular formula is C25H19NS. The zero-order valence-corrected chi connectivity index (χ0v) is 15.7. The first-order valence-corrected chi connectivity index (χ1v) is 10.1. The molecule has 0 aromatic heterocycles. The molecule has 1 aliphatic heterocycles. The van der Waals surface area contributed by atoms with Crippen molar-refractivity contribution < 1.29 is 0 Å². The Hall–Kier alpha value is -2.84. The molecule has 1 heterocycles. The predicted octanol–water partition coefficient (Wildman–Crippen LogP) is 7.20. The van der Waals surface area contributed by atoms with Crippen LogP contribution in [0.25, 0.3) is 10.8 Å². The third kappa shape index (κ3) is 3.17. The van der Waals surface area contributed by atoms with Crippen LogP contribution in [0.4, 0.5) is 5.69 Å². The average Bonchev–Trinajstić information content (AvgIpc) is 2.94. The van der Waals surface area contributed by atoms with E-state index in [0.717, 1.165) is 17.8 Å². The van der Waals surface area contributed by atoms with Crippen molar-refractivity contribution >= 4 is 33.9 Å². The number of thioether (sulfide) groups is 1. The van der Waals surface area contributed by atoms with Crippen LogP contribution >= 0.6 is 11.8 Å². The Kier molecular flexibility index (Phi) is 4.27. The van der Waals surface area contributed by atoms with Crippen molar-refractivity contribution in [3.05, 3.63) is 108 Å². The molecule has 4 aromatic carbocycles. The first kappa shape index (κ1) is 16.3. The molecule has 1 nitrogen and oxygen atoms in total. The number of hydrogen-bond donors (Lipinski definition) is 0. The van der Waals surface area contributed by atoms with Crippen LogP contribution in [0.2, 0.25) is 0 Å². The number of hydrogen-bond acceptors (Lipinski definition) is 2. The van der Waals surface area contributed by atoms with E-state index in [1.54, 1.807) is 0 Å². The van der Waals surface area contributed by atoms with E-state index in [9.17, 15) is 0 Å². The highest BCUT2D eigenvalue weighted by molar-refractivity contribution is 7.99. The van der Waals surface area contributed by atoms with Crippen molar-refractivity contribution in [2.24, 2.45) is 4.99 Å². The Morgan fingerprint density at radius 1 is 0.704 bits per heavy atom. The zero-order chi connectivity index (χ0) is 18.1. The molecule has 1 atom stereocenters. The van der Waals surface area contributed by atoms with E-state index in [0.29, 0.717) is 5.25 Å². The van der Waals surface area contributed by atoms with E-state index in [4.69, 9.17) is 4.99 Å². The van der Waals surface area contributed by atoms with Crippen LogP contribution in [0.15, 0.2) is 107 Å². The van der Waals surface area contributed by atoms with Gasteiger partial charge in [0.15, 0.2) is 0 Å². The highest BCUT2D eigenvalue weighted by atomic mass is 32.2. The summed E-state index contributed by atoms with van der Waals surface area (Å²) in [6, 6.07) is 34.4. The fourth-order valence-corrected chi connectivity index (χ4v) is 5.00. The second-order valence-electron chi connectivity index (χ2n) is 6.77. The van der Waals surface area contributed by atoms with Crippen LogP contribution in [-0.4, -0.2) is 5.71 Å². The van der Waals surface area contributed by atoms with Gasteiger partial charge in [0.25, 0.3) is 0 Å². The number of aliphatic imine (C=N–C) groups is 1. The molecule has 1 aliphatic rings. The summed E-state index contributed by atoms with van der Waals surface area (Å²) in [5.74, 6) is 0. The summed E-state index contributed by atoms with van der Waals surface area (Å²) in [6.07, 6.45) is 0.914. The summed E-state index contributed by atoms with van der Waals surface area (Å²) >= 11 is 1.93. The molecule has 0 radical (unpaired) electrons. The Bertz CT molecular complexity index is 1130. The van der Waals surface area contributed by atoms with E-state index >= 15 is 0 Å². The third-order valence-corrected chi connectivity index (χ3v) is 6.35. The van der Waals surface area contributed by atoms with Crippen LogP contribution in [0.3, 0.4) is 0 Å². The Balaban J connectivity index is 1.67. The van der Waals surface area contributed by atoms with Gasteiger partial charge in [-0.25, -0.2) is 0 Å². The lowest BCUT2D eigenvalue weighted by atomic mass is 9.97. The van der Waals surface area contributed by atoms with Gasteiger partial charge in [0.1, 0.15) is 0 Å². The number of benzene rings is 4. The van der Waals surface area contributed by atoms with Crippen LogP contribution in [0.1, 0.15) is 22.8 Å². The van der Waals surface area contributed by atoms with Gasteiger partial charge in [-0.1, -0.05) is 84.9 Å². The van der Waals surface area contributed by atoms with Crippen LogP contribution in [0.5, 0.6) is 0 Å². The molecule has 5 rings (SSSR count). The van der Waals surface area contributed by atoms with Crippen molar-refractivity contribution in [2.75, 3.05) is 0 Å². The Morgan fingerprint density at radius 3 is 2.37 bits per heavy atom. The van der Waals surface area contributed by atoms with Crippen molar-refractivity contribution in [3.8, 4) is 0 Å². The summed E-state index contributed by atoms with van der Waals surface area (Å²) in [4.78, 5) is 6.31. The molecule has 0 amide bonds. The van der Waals surface area contributed by atoms with Crippen LogP contribution < -0.4 is 0 Å². The zero-order valence-electron chi connectivity index (χ0n) is 14.9. The monoisotopic (exact) mass is 365 g/mol. The molecule has 0 saturated heterocycles. The normalized spacial score (nSPS) is 16.4. The molecular weight excluding hydrogens is 346 g/mol. The summed E-state index contributed by atoms with van der Waals surface area (Å²) in [6.45, 7) is 0. The van der Waals surface area contributed by atoms with Crippen LogP contribution in [-0.2, 0) is 0 Å². The van der Waals surface area contributed by atoms with Gasteiger partial charge < -0.3 is 0 Å². The van der Waals surface area contributed by atoms with E-state index in [2.05, 4.69) is 97.1 Å². The lowest BCUT2D eigenvalue weighted by Gasteiger charge is -2.18. The SMILES string of the molecule is c1ccc(C2=Nc3ccccc3SC(c3cccc4ccccc34)C2)cc1. The third-order valence-electron chi connectivity index (χ3n) is 5.05. The minimum Gasteiger partial charge on any atom is -0.252 e. The molecule has 0 spiro atoms. The maximum Gasteiger partial charge on any atom is 0.0769 e. The van der Waals surface area contributed by atoms with Gasteiger partial charge in [0.2, 0.25) is 0 Å². The minimum atomic E-state index is 0.332. The molecule has 130 valence electrons. The van der Waals surface area contributed by atoms with Crippen molar-refractivity contribution in [1.82, 2.24) is 0 Å². The fraction of sp³-hybridized carbons (Fsp3) is 0.0800. The maximum atomic E-state index is 5.06. The van der Waals surface area contributed by atoms with Crippen molar-refractivity contribution in [2.45, 2.75) is 16.6 Å². The number of rotatable bonds is 2. The fourth-order valence-electron chi connectivity index (χ4n) is 3.73. The molecule has 0 N–H and O–H groups in total. The second-order valence-corrected chi connectivity index (χ2v) is 8.02. The molecule has 27 heavy (non-hydrogen) atoms. The summed E-state index contributed by atoms with van der Waals surface area (Å²) < 4.78 is 0. The number of fused-ring (bicyclic) bond motifs is 2. The smallest absolute Gasteiger partial charge is 0.0769 e. The molecule has 0 saturated carbocycles. The number of nitrogens with zero attached hydrogens (tertiary/aromatic N) is 1. The predicted molar refractivity (Wildman–Crippen MR) is 116 cm³/mol. The van der Waals surface area contributed by atoms with E-state index in [-0.39, 0.29) is 0 Å². The minimum absolute atomic E-state index is 0.332.